The summed E-state index contributed by atoms with van der Waals surface area (Å²) in [6.07, 6.45) is 0. The van der Waals surface area contributed by atoms with E-state index in [4.69, 9.17) is 0 Å². The number of aromatic nitrogens is 2. The molecular formula is C34H22N2. The summed E-state index contributed by atoms with van der Waals surface area (Å²) in [5.74, 6) is 0. The average Bonchev–Trinajstić information content (AvgIpc) is 3.46. The van der Waals surface area contributed by atoms with Gasteiger partial charge in [-0.05, 0) is 36.4 Å². The summed E-state index contributed by atoms with van der Waals surface area (Å²) in [6, 6.07) is 48.2. The maximum absolute atomic E-state index is 2.42. The number of nitrogens with zero attached hydrogens (tertiary/aromatic N) is 2. The second-order valence-corrected chi connectivity index (χ2v) is 9.39. The summed E-state index contributed by atoms with van der Waals surface area (Å²) in [5, 5.41) is 7.60. The van der Waals surface area contributed by atoms with Crippen LogP contribution >= 0.6 is 0 Å². The van der Waals surface area contributed by atoms with Gasteiger partial charge in [0.05, 0.1) is 33.4 Å². The summed E-state index contributed by atoms with van der Waals surface area (Å²) in [7, 11) is 0. The van der Waals surface area contributed by atoms with Crippen molar-refractivity contribution in [1.29, 1.82) is 0 Å². The highest BCUT2D eigenvalue weighted by Crippen LogP contribution is 2.38. The Balaban J connectivity index is 1.51. The molecule has 0 aliphatic heterocycles. The zero-order valence-corrected chi connectivity index (χ0v) is 19.6. The Morgan fingerprint density at radius 1 is 0.250 bits per heavy atom. The van der Waals surface area contributed by atoms with Gasteiger partial charge in [-0.2, -0.15) is 0 Å². The van der Waals surface area contributed by atoms with Crippen LogP contribution in [0.1, 0.15) is 0 Å². The SMILES string of the molecule is c1ccc2c(-n3c4ccccc4c4ccccc43)ccc(-n3c4ccccc4c4ccccc43)c2c1. The molecule has 0 N–H and O–H groups in total. The molecule has 8 rings (SSSR count). The molecule has 6 aromatic carbocycles. The van der Waals surface area contributed by atoms with Crippen LogP contribution in [0.2, 0.25) is 0 Å². The Morgan fingerprint density at radius 3 is 0.806 bits per heavy atom. The largest absolute Gasteiger partial charge is 0.309 e. The smallest absolute Gasteiger partial charge is 0.0542 e. The van der Waals surface area contributed by atoms with E-state index in [1.54, 1.807) is 0 Å². The number of hydrogen-bond donors (Lipinski definition) is 0. The van der Waals surface area contributed by atoms with Gasteiger partial charge in [-0.1, -0.05) is 97.1 Å². The van der Waals surface area contributed by atoms with Crippen LogP contribution in [0.25, 0.3) is 65.8 Å². The fourth-order valence-electron chi connectivity index (χ4n) is 6.02. The van der Waals surface area contributed by atoms with E-state index in [9.17, 15) is 0 Å². The van der Waals surface area contributed by atoms with Crippen molar-refractivity contribution in [3.05, 3.63) is 133 Å². The van der Waals surface area contributed by atoms with E-state index in [1.165, 1.54) is 65.8 Å². The Hall–Kier alpha value is -4.82. The molecule has 0 spiro atoms. The van der Waals surface area contributed by atoms with Crippen molar-refractivity contribution in [2.75, 3.05) is 0 Å². The lowest BCUT2D eigenvalue weighted by Gasteiger charge is -2.16. The molecule has 2 heteroatoms. The predicted molar refractivity (Wildman–Crippen MR) is 153 cm³/mol. The van der Waals surface area contributed by atoms with Crippen LogP contribution in [0.15, 0.2) is 133 Å². The quantitative estimate of drug-likeness (QED) is 0.244. The molecule has 8 aromatic rings. The maximum Gasteiger partial charge on any atom is 0.0542 e. The van der Waals surface area contributed by atoms with Crippen LogP contribution in [-0.2, 0) is 0 Å². The molecular weight excluding hydrogens is 436 g/mol. The van der Waals surface area contributed by atoms with Crippen molar-refractivity contribution >= 4 is 54.4 Å². The maximum atomic E-state index is 2.42. The van der Waals surface area contributed by atoms with Crippen molar-refractivity contribution in [3.63, 3.8) is 0 Å². The van der Waals surface area contributed by atoms with Gasteiger partial charge in [-0.25, -0.2) is 0 Å². The van der Waals surface area contributed by atoms with Gasteiger partial charge in [-0.3, -0.25) is 0 Å². The molecule has 0 aliphatic carbocycles. The molecule has 36 heavy (non-hydrogen) atoms. The van der Waals surface area contributed by atoms with Crippen LogP contribution in [0, 0.1) is 0 Å². The van der Waals surface area contributed by atoms with E-state index >= 15 is 0 Å². The summed E-state index contributed by atoms with van der Waals surface area (Å²) in [5.41, 5.74) is 7.32. The zero-order valence-electron chi connectivity index (χ0n) is 19.6. The van der Waals surface area contributed by atoms with Crippen LogP contribution in [-0.4, -0.2) is 9.13 Å². The number of fused-ring (bicyclic) bond motifs is 7. The van der Waals surface area contributed by atoms with Gasteiger partial charge in [-0.15, -0.1) is 0 Å². The standard InChI is InChI=1S/C34H22N2/c1-2-12-28-27(11-1)33(35-29-17-7-3-13-23(29)24-14-4-8-18-30(24)35)21-22-34(28)36-31-19-9-5-15-25(31)26-16-6-10-20-32(26)36/h1-22H. The van der Waals surface area contributed by atoms with Gasteiger partial charge in [0.1, 0.15) is 0 Å². The van der Waals surface area contributed by atoms with Crippen molar-refractivity contribution in [3.8, 4) is 11.4 Å². The Labute approximate surface area is 208 Å². The van der Waals surface area contributed by atoms with E-state index in [0.29, 0.717) is 0 Å². The van der Waals surface area contributed by atoms with Crippen LogP contribution in [0.4, 0.5) is 0 Å². The average molecular weight is 459 g/mol. The molecule has 0 fully saturated rings. The molecule has 168 valence electrons. The number of rotatable bonds is 2. The Morgan fingerprint density at radius 2 is 0.500 bits per heavy atom. The van der Waals surface area contributed by atoms with Gasteiger partial charge in [0, 0.05) is 32.3 Å². The molecule has 0 saturated heterocycles. The molecule has 0 amide bonds. The molecule has 0 atom stereocenters. The fraction of sp³-hybridized carbons (Fsp3) is 0. The van der Waals surface area contributed by atoms with E-state index < -0.39 is 0 Å². The van der Waals surface area contributed by atoms with Crippen LogP contribution in [0.5, 0.6) is 0 Å². The number of hydrogen-bond acceptors (Lipinski definition) is 0. The second kappa shape index (κ2) is 7.34. The molecule has 0 unspecified atom stereocenters. The molecule has 2 heterocycles. The minimum Gasteiger partial charge on any atom is -0.309 e. The topological polar surface area (TPSA) is 9.86 Å². The van der Waals surface area contributed by atoms with E-state index in [2.05, 4.69) is 143 Å². The molecule has 0 saturated carbocycles. The van der Waals surface area contributed by atoms with E-state index in [0.717, 1.165) is 0 Å². The second-order valence-electron chi connectivity index (χ2n) is 9.39. The minimum absolute atomic E-state index is 1.20. The van der Waals surface area contributed by atoms with Crippen molar-refractivity contribution in [1.82, 2.24) is 9.13 Å². The van der Waals surface area contributed by atoms with Crippen molar-refractivity contribution in [2.24, 2.45) is 0 Å². The van der Waals surface area contributed by atoms with Gasteiger partial charge in [0.25, 0.3) is 0 Å². The monoisotopic (exact) mass is 458 g/mol. The first-order valence-electron chi connectivity index (χ1n) is 12.4. The Bertz CT molecular complexity index is 1850. The lowest BCUT2D eigenvalue weighted by Crippen LogP contribution is -2.00. The predicted octanol–water partition coefficient (Wildman–Crippen LogP) is 9.03. The van der Waals surface area contributed by atoms with Crippen molar-refractivity contribution in [2.45, 2.75) is 0 Å². The van der Waals surface area contributed by atoms with Crippen molar-refractivity contribution < 1.29 is 0 Å². The summed E-state index contributed by atoms with van der Waals surface area (Å²) in [6.45, 7) is 0. The Kier molecular flexibility index (Phi) is 3.97. The summed E-state index contributed by atoms with van der Waals surface area (Å²) >= 11 is 0. The number of benzene rings is 6. The summed E-state index contributed by atoms with van der Waals surface area (Å²) < 4.78 is 4.84. The van der Waals surface area contributed by atoms with Crippen LogP contribution in [0.3, 0.4) is 0 Å². The van der Waals surface area contributed by atoms with E-state index in [-0.39, 0.29) is 0 Å². The van der Waals surface area contributed by atoms with Gasteiger partial charge >= 0.3 is 0 Å². The van der Waals surface area contributed by atoms with Gasteiger partial charge < -0.3 is 9.13 Å². The molecule has 2 nitrogen and oxygen atoms in total. The first-order valence-corrected chi connectivity index (χ1v) is 12.4. The van der Waals surface area contributed by atoms with Gasteiger partial charge in [0.15, 0.2) is 0 Å². The molecule has 0 radical (unpaired) electrons. The third kappa shape index (κ3) is 2.56. The zero-order chi connectivity index (χ0) is 23.6. The third-order valence-electron chi connectivity index (χ3n) is 7.52. The highest BCUT2D eigenvalue weighted by molar-refractivity contribution is 6.13. The molecule has 0 aliphatic rings. The minimum atomic E-state index is 1.20. The first-order chi connectivity index (χ1) is 17.9. The lowest BCUT2D eigenvalue weighted by molar-refractivity contribution is 1.17. The fourth-order valence-corrected chi connectivity index (χ4v) is 6.02. The van der Waals surface area contributed by atoms with Crippen LogP contribution < -0.4 is 0 Å². The number of para-hydroxylation sites is 4. The third-order valence-corrected chi connectivity index (χ3v) is 7.52. The highest BCUT2D eigenvalue weighted by Gasteiger charge is 2.17. The van der Waals surface area contributed by atoms with Gasteiger partial charge in [0.2, 0.25) is 0 Å². The molecule has 2 aromatic heterocycles. The molecule has 0 bridgehead atoms. The van der Waals surface area contributed by atoms with E-state index in [1.807, 2.05) is 0 Å². The summed E-state index contributed by atoms with van der Waals surface area (Å²) in [4.78, 5) is 0. The normalized spacial score (nSPS) is 11.9. The lowest BCUT2D eigenvalue weighted by atomic mass is 10.1. The first kappa shape index (κ1) is 19.5. The highest BCUT2D eigenvalue weighted by atomic mass is 15.0.